The number of piperidine rings is 1. The van der Waals surface area contributed by atoms with Crippen molar-refractivity contribution in [2.75, 3.05) is 11.9 Å². The van der Waals surface area contributed by atoms with Crippen LogP contribution in [0.1, 0.15) is 37.3 Å². The Labute approximate surface area is 123 Å². The van der Waals surface area contributed by atoms with Crippen LogP contribution in [-0.4, -0.2) is 18.0 Å². The van der Waals surface area contributed by atoms with Crippen molar-refractivity contribution in [3.63, 3.8) is 0 Å². The summed E-state index contributed by atoms with van der Waals surface area (Å²) < 4.78 is 0.942. The van der Waals surface area contributed by atoms with Gasteiger partial charge in [0.05, 0.1) is 11.2 Å². The second-order valence-electron chi connectivity index (χ2n) is 5.61. The molecule has 0 aliphatic carbocycles. The Morgan fingerprint density at radius 3 is 2.68 bits per heavy atom. The summed E-state index contributed by atoms with van der Waals surface area (Å²) in [5.74, 6) is 0.0554. The van der Waals surface area contributed by atoms with Crippen LogP contribution < -0.4 is 10.6 Å². The number of halogens is 1. The van der Waals surface area contributed by atoms with E-state index in [1.807, 2.05) is 26.8 Å². The summed E-state index contributed by atoms with van der Waals surface area (Å²) in [7, 11) is 0. The maximum atomic E-state index is 12.5. The molecule has 1 heterocycles. The molecule has 1 atom stereocenters. The monoisotopic (exact) mass is 324 g/mol. The number of hydrogen-bond acceptors (Lipinski definition) is 2. The fourth-order valence-electron chi connectivity index (χ4n) is 2.58. The van der Waals surface area contributed by atoms with Gasteiger partial charge in [0.25, 0.3) is 0 Å². The second-order valence-corrected chi connectivity index (χ2v) is 6.46. The van der Waals surface area contributed by atoms with Gasteiger partial charge < -0.3 is 10.6 Å². The van der Waals surface area contributed by atoms with Crippen molar-refractivity contribution in [3.8, 4) is 0 Å². The molecule has 0 aromatic heterocycles. The van der Waals surface area contributed by atoms with E-state index in [9.17, 15) is 4.79 Å². The molecule has 19 heavy (non-hydrogen) atoms. The summed E-state index contributed by atoms with van der Waals surface area (Å²) in [6.07, 6.45) is 3.14. The van der Waals surface area contributed by atoms with Crippen molar-refractivity contribution in [1.29, 1.82) is 0 Å². The van der Waals surface area contributed by atoms with E-state index in [0.717, 1.165) is 41.5 Å². The summed E-state index contributed by atoms with van der Waals surface area (Å²) in [6.45, 7) is 6.97. The number of amides is 1. The van der Waals surface area contributed by atoms with Gasteiger partial charge in [-0.25, -0.2) is 0 Å². The standard InChI is InChI=1S/C15H21BrN2O/c1-10-8-11(2)13(12(16)9-10)18-14(19)15(3)6-4-5-7-17-15/h8-9,17H,4-7H2,1-3H3,(H,18,19). The molecular formula is C15H21BrN2O. The minimum absolute atomic E-state index is 0.0554. The Morgan fingerprint density at radius 2 is 2.11 bits per heavy atom. The maximum Gasteiger partial charge on any atom is 0.244 e. The topological polar surface area (TPSA) is 41.1 Å². The molecule has 1 aliphatic rings. The van der Waals surface area contributed by atoms with Crippen molar-refractivity contribution in [3.05, 3.63) is 27.7 Å². The molecule has 1 fully saturated rings. The molecule has 1 saturated heterocycles. The largest absolute Gasteiger partial charge is 0.323 e. The van der Waals surface area contributed by atoms with E-state index < -0.39 is 5.54 Å². The molecular weight excluding hydrogens is 304 g/mol. The van der Waals surface area contributed by atoms with E-state index in [2.05, 4.69) is 32.6 Å². The highest BCUT2D eigenvalue weighted by Gasteiger charge is 2.34. The number of benzene rings is 1. The number of anilines is 1. The molecule has 1 aromatic carbocycles. The van der Waals surface area contributed by atoms with Crippen LogP contribution in [0.25, 0.3) is 0 Å². The lowest BCUT2D eigenvalue weighted by atomic mass is 9.90. The number of nitrogens with one attached hydrogen (secondary N) is 2. The van der Waals surface area contributed by atoms with Crippen molar-refractivity contribution >= 4 is 27.5 Å². The van der Waals surface area contributed by atoms with Gasteiger partial charge in [-0.1, -0.05) is 6.07 Å². The van der Waals surface area contributed by atoms with Crippen LogP contribution in [0.3, 0.4) is 0 Å². The van der Waals surface area contributed by atoms with Gasteiger partial charge in [0.2, 0.25) is 5.91 Å². The Kier molecular flexibility index (Phi) is 4.31. The predicted octanol–water partition coefficient (Wildman–Crippen LogP) is 3.54. The highest BCUT2D eigenvalue weighted by molar-refractivity contribution is 9.10. The number of carbonyl (C=O) groups excluding carboxylic acids is 1. The summed E-state index contributed by atoms with van der Waals surface area (Å²) >= 11 is 3.53. The summed E-state index contributed by atoms with van der Waals surface area (Å²) in [5.41, 5.74) is 2.70. The van der Waals surface area contributed by atoms with E-state index in [1.54, 1.807) is 0 Å². The zero-order valence-electron chi connectivity index (χ0n) is 11.8. The summed E-state index contributed by atoms with van der Waals surface area (Å²) in [5, 5.41) is 6.41. The highest BCUT2D eigenvalue weighted by atomic mass is 79.9. The lowest BCUT2D eigenvalue weighted by molar-refractivity contribution is -0.122. The third-order valence-electron chi connectivity index (χ3n) is 3.79. The fraction of sp³-hybridized carbons (Fsp3) is 0.533. The van der Waals surface area contributed by atoms with Crippen molar-refractivity contribution < 1.29 is 4.79 Å². The third-order valence-corrected chi connectivity index (χ3v) is 4.42. The number of rotatable bonds is 2. The van der Waals surface area contributed by atoms with Gasteiger partial charge >= 0.3 is 0 Å². The molecule has 4 heteroatoms. The van der Waals surface area contributed by atoms with E-state index in [-0.39, 0.29) is 5.91 Å². The quantitative estimate of drug-likeness (QED) is 0.873. The zero-order chi connectivity index (χ0) is 14.0. The van der Waals surface area contributed by atoms with Crippen molar-refractivity contribution in [2.45, 2.75) is 45.6 Å². The molecule has 1 aliphatic heterocycles. The third kappa shape index (κ3) is 3.18. The minimum Gasteiger partial charge on any atom is -0.323 e. The van der Waals surface area contributed by atoms with E-state index in [4.69, 9.17) is 0 Å². The first-order valence-electron chi connectivity index (χ1n) is 6.75. The molecule has 1 unspecified atom stereocenters. The molecule has 0 radical (unpaired) electrons. The van der Waals surface area contributed by atoms with Crippen LogP contribution >= 0.6 is 15.9 Å². The lowest BCUT2D eigenvalue weighted by Gasteiger charge is -2.33. The van der Waals surface area contributed by atoms with Gasteiger partial charge in [-0.15, -0.1) is 0 Å². The number of hydrogen-bond donors (Lipinski definition) is 2. The van der Waals surface area contributed by atoms with Gasteiger partial charge in [-0.2, -0.15) is 0 Å². The summed E-state index contributed by atoms with van der Waals surface area (Å²) in [4.78, 5) is 12.5. The molecule has 3 nitrogen and oxygen atoms in total. The zero-order valence-corrected chi connectivity index (χ0v) is 13.4. The number of carbonyl (C=O) groups is 1. The fourth-order valence-corrected chi connectivity index (χ4v) is 3.35. The van der Waals surface area contributed by atoms with Crippen LogP contribution in [0.4, 0.5) is 5.69 Å². The van der Waals surface area contributed by atoms with Crippen molar-refractivity contribution in [2.24, 2.45) is 0 Å². The molecule has 2 rings (SSSR count). The summed E-state index contributed by atoms with van der Waals surface area (Å²) in [6, 6.07) is 4.11. The van der Waals surface area contributed by atoms with Gasteiger partial charge in [0, 0.05) is 4.47 Å². The molecule has 1 amide bonds. The Hall–Kier alpha value is -0.870. The molecule has 0 spiro atoms. The molecule has 0 saturated carbocycles. The Morgan fingerprint density at radius 1 is 1.37 bits per heavy atom. The Balaban J connectivity index is 2.19. The second kappa shape index (κ2) is 5.63. The van der Waals surface area contributed by atoms with Gasteiger partial charge in [-0.3, -0.25) is 4.79 Å². The van der Waals surface area contributed by atoms with E-state index in [1.165, 1.54) is 5.56 Å². The lowest BCUT2D eigenvalue weighted by Crippen LogP contribution is -2.54. The van der Waals surface area contributed by atoms with Crippen LogP contribution in [0.5, 0.6) is 0 Å². The SMILES string of the molecule is Cc1cc(C)c(NC(=O)C2(C)CCCCN2)c(Br)c1. The first-order chi connectivity index (χ1) is 8.92. The molecule has 104 valence electrons. The molecule has 2 N–H and O–H groups in total. The van der Waals surface area contributed by atoms with Crippen molar-refractivity contribution in [1.82, 2.24) is 5.32 Å². The normalized spacial score (nSPS) is 23.2. The minimum atomic E-state index is -0.449. The first-order valence-corrected chi connectivity index (χ1v) is 7.55. The highest BCUT2D eigenvalue weighted by Crippen LogP contribution is 2.29. The Bertz CT molecular complexity index is 470. The van der Waals surface area contributed by atoms with Crippen LogP contribution in [0.2, 0.25) is 0 Å². The maximum absolute atomic E-state index is 12.5. The average Bonchev–Trinajstić information content (AvgIpc) is 2.34. The van der Waals surface area contributed by atoms with Crippen LogP contribution in [0, 0.1) is 13.8 Å². The van der Waals surface area contributed by atoms with Gasteiger partial charge in [-0.05, 0) is 79.7 Å². The average molecular weight is 325 g/mol. The first kappa shape index (κ1) is 14.5. The smallest absolute Gasteiger partial charge is 0.244 e. The molecule has 1 aromatic rings. The van der Waals surface area contributed by atoms with E-state index >= 15 is 0 Å². The predicted molar refractivity (Wildman–Crippen MR) is 82.5 cm³/mol. The van der Waals surface area contributed by atoms with Gasteiger partial charge in [0.1, 0.15) is 0 Å². The van der Waals surface area contributed by atoms with Crippen LogP contribution in [0.15, 0.2) is 16.6 Å². The van der Waals surface area contributed by atoms with Crippen LogP contribution in [-0.2, 0) is 4.79 Å². The number of aryl methyl sites for hydroxylation is 2. The molecule has 0 bridgehead atoms. The van der Waals surface area contributed by atoms with E-state index in [0.29, 0.717) is 0 Å². The van der Waals surface area contributed by atoms with Gasteiger partial charge in [0.15, 0.2) is 0 Å².